The quantitative estimate of drug-likeness (QED) is 0.783. The van der Waals surface area contributed by atoms with E-state index in [1.54, 1.807) is 0 Å². The second kappa shape index (κ2) is 5.29. The molecular formula is C13H20N2. The summed E-state index contributed by atoms with van der Waals surface area (Å²) < 4.78 is 0. The van der Waals surface area contributed by atoms with Crippen molar-refractivity contribution in [3.05, 3.63) is 35.9 Å². The summed E-state index contributed by atoms with van der Waals surface area (Å²) in [5, 5.41) is 6.97. The van der Waals surface area contributed by atoms with Crippen LogP contribution >= 0.6 is 0 Å². The Morgan fingerprint density at radius 1 is 1.13 bits per heavy atom. The summed E-state index contributed by atoms with van der Waals surface area (Å²) in [6.45, 7) is 1.00. The third-order valence-electron chi connectivity index (χ3n) is 3.28. The van der Waals surface area contributed by atoms with E-state index >= 15 is 0 Å². The van der Waals surface area contributed by atoms with Crippen molar-refractivity contribution in [2.24, 2.45) is 0 Å². The zero-order chi connectivity index (χ0) is 10.5. The van der Waals surface area contributed by atoms with Crippen LogP contribution in [0, 0.1) is 0 Å². The molecule has 0 heterocycles. The van der Waals surface area contributed by atoms with Gasteiger partial charge in [0.05, 0.1) is 0 Å². The first-order chi connectivity index (χ1) is 7.38. The van der Waals surface area contributed by atoms with Gasteiger partial charge in [0, 0.05) is 18.6 Å². The molecule has 1 saturated carbocycles. The monoisotopic (exact) mass is 204 g/mol. The second-order valence-electron chi connectivity index (χ2n) is 4.36. The lowest BCUT2D eigenvalue weighted by Gasteiger charge is -2.13. The van der Waals surface area contributed by atoms with Gasteiger partial charge in [-0.15, -0.1) is 0 Å². The van der Waals surface area contributed by atoms with Gasteiger partial charge < -0.3 is 10.6 Å². The molecule has 2 N–H and O–H groups in total. The maximum atomic E-state index is 3.62. The van der Waals surface area contributed by atoms with Crippen LogP contribution in [0.5, 0.6) is 0 Å². The molecule has 82 valence electrons. The molecule has 0 spiro atoms. The van der Waals surface area contributed by atoms with Gasteiger partial charge in [-0.2, -0.15) is 0 Å². The summed E-state index contributed by atoms with van der Waals surface area (Å²) in [7, 11) is 2.06. The van der Waals surface area contributed by atoms with Gasteiger partial charge in [0.15, 0.2) is 0 Å². The third kappa shape index (κ3) is 3.05. The van der Waals surface area contributed by atoms with E-state index in [0.29, 0.717) is 6.04 Å². The molecule has 0 bridgehead atoms. The summed E-state index contributed by atoms with van der Waals surface area (Å²) in [6.07, 6.45) is 3.88. The lowest BCUT2D eigenvalue weighted by atomic mass is 10.2. The molecule has 1 aromatic carbocycles. The van der Waals surface area contributed by atoms with Crippen molar-refractivity contribution in [2.45, 2.75) is 37.9 Å². The Labute approximate surface area is 92.1 Å². The summed E-state index contributed by atoms with van der Waals surface area (Å²) in [6, 6.07) is 12.0. The van der Waals surface area contributed by atoms with Crippen LogP contribution in [-0.4, -0.2) is 19.1 Å². The number of benzene rings is 1. The molecular weight excluding hydrogens is 184 g/mol. The number of hydrogen-bond donors (Lipinski definition) is 2. The lowest BCUT2D eigenvalue weighted by molar-refractivity contribution is 0.500. The van der Waals surface area contributed by atoms with Gasteiger partial charge >= 0.3 is 0 Å². The minimum Gasteiger partial charge on any atom is -0.317 e. The van der Waals surface area contributed by atoms with E-state index in [1.165, 1.54) is 24.8 Å². The van der Waals surface area contributed by atoms with Crippen LogP contribution in [0.4, 0.5) is 0 Å². The molecule has 2 heteroatoms. The highest BCUT2D eigenvalue weighted by Crippen LogP contribution is 2.18. The summed E-state index contributed by atoms with van der Waals surface area (Å²) in [4.78, 5) is 0. The standard InChI is InChI=1S/C13H20N2/c1-14-12-7-8-13(9-12)15-10-11-5-3-2-4-6-11/h2-6,12-15H,7-10H2,1H3. The maximum absolute atomic E-state index is 3.62. The first kappa shape index (κ1) is 10.7. The summed E-state index contributed by atoms with van der Waals surface area (Å²) in [5.41, 5.74) is 1.38. The Kier molecular flexibility index (Phi) is 3.75. The molecule has 0 saturated heterocycles. The molecule has 0 aliphatic heterocycles. The van der Waals surface area contributed by atoms with Gasteiger partial charge in [-0.3, -0.25) is 0 Å². The molecule has 1 aliphatic carbocycles. The molecule has 1 fully saturated rings. The fourth-order valence-electron chi connectivity index (χ4n) is 2.29. The normalized spacial score (nSPS) is 25.7. The summed E-state index contributed by atoms with van der Waals surface area (Å²) in [5.74, 6) is 0. The van der Waals surface area contributed by atoms with Crippen molar-refractivity contribution >= 4 is 0 Å². The van der Waals surface area contributed by atoms with Crippen molar-refractivity contribution in [2.75, 3.05) is 7.05 Å². The van der Waals surface area contributed by atoms with Crippen molar-refractivity contribution < 1.29 is 0 Å². The Morgan fingerprint density at radius 2 is 1.87 bits per heavy atom. The first-order valence-corrected chi connectivity index (χ1v) is 5.83. The van der Waals surface area contributed by atoms with Crippen LogP contribution in [0.1, 0.15) is 24.8 Å². The van der Waals surface area contributed by atoms with Crippen molar-refractivity contribution in [1.29, 1.82) is 0 Å². The van der Waals surface area contributed by atoms with Gasteiger partial charge in [-0.1, -0.05) is 30.3 Å². The average molecular weight is 204 g/mol. The zero-order valence-corrected chi connectivity index (χ0v) is 9.37. The molecule has 1 aliphatic rings. The molecule has 2 unspecified atom stereocenters. The highest BCUT2D eigenvalue weighted by atomic mass is 15.0. The van der Waals surface area contributed by atoms with Crippen LogP contribution in [0.3, 0.4) is 0 Å². The minimum absolute atomic E-state index is 0.697. The predicted molar refractivity (Wildman–Crippen MR) is 63.8 cm³/mol. The van der Waals surface area contributed by atoms with Gasteiger partial charge in [0.2, 0.25) is 0 Å². The minimum atomic E-state index is 0.697. The number of hydrogen-bond acceptors (Lipinski definition) is 2. The first-order valence-electron chi connectivity index (χ1n) is 5.83. The SMILES string of the molecule is CNC1CCC(NCc2ccccc2)C1. The van der Waals surface area contributed by atoms with E-state index in [4.69, 9.17) is 0 Å². The van der Waals surface area contributed by atoms with E-state index in [9.17, 15) is 0 Å². The molecule has 0 aromatic heterocycles. The fraction of sp³-hybridized carbons (Fsp3) is 0.538. The van der Waals surface area contributed by atoms with Gasteiger partial charge in [-0.05, 0) is 31.9 Å². The number of nitrogens with one attached hydrogen (secondary N) is 2. The van der Waals surface area contributed by atoms with E-state index in [2.05, 4.69) is 48.0 Å². The lowest BCUT2D eigenvalue weighted by Crippen LogP contribution is -2.29. The molecule has 15 heavy (non-hydrogen) atoms. The Morgan fingerprint density at radius 3 is 2.53 bits per heavy atom. The predicted octanol–water partition coefficient (Wildman–Crippen LogP) is 1.92. The van der Waals surface area contributed by atoms with Gasteiger partial charge in [-0.25, -0.2) is 0 Å². The molecule has 0 radical (unpaired) electrons. The highest BCUT2D eigenvalue weighted by molar-refractivity contribution is 5.14. The van der Waals surface area contributed by atoms with Gasteiger partial charge in [0.25, 0.3) is 0 Å². The van der Waals surface area contributed by atoms with Crippen LogP contribution in [0.15, 0.2) is 30.3 Å². The topological polar surface area (TPSA) is 24.1 Å². The number of rotatable bonds is 4. The molecule has 2 nitrogen and oxygen atoms in total. The molecule has 2 atom stereocenters. The molecule has 0 amide bonds. The van der Waals surface area contributed by atoms with Crippen molar-refractivity contribution in [1.82, 2.24) is 10.6 Å². The average Bonchev–Trinajstić information content (AvgIpc) is 2.76. The zero-order valence-electron chi connectivity index (χ0n) is 9.37. The fourth-order valence-corrected chi connectivity index (χ4v) is 2.29. The van der Waals surface area contributed by atoms with Crippen molar-refractivity contribution in [3.63, 3.8) is 0 Å². The van der Waals surface area contributed by atoms with Crippen LogP contribution in [0.25, 0.3) is 0 Å². The van der Waals surface area contributed by atoms with E-state index in [1.807, 2.05) is 0 Å². The van der Waals surface area contributed by atoms with Crippen LogP contribution in [-0.2, 0) is 6.54 Å². The van der Waals surface area contributed by atoms with E-state index in [-0.39, 0.29) is 0 Å². The summed E-state index contributed by atoms with van der Waals surface area (Å²) >= 11 is 0. The van der Waals surface area contributed by atoms with Crippen molar-refractivity contribution in [3.8, 4) is 0 Å². The second-order valence-corrected chi connectivity index (χ2v) is 4.36. The van der Waals surface area contributed by atoms with E-state index in [0.717, 1.165) is 12.6 Å². The molecule has 1 aromatic rings. The maximum Gasteiger partial charge on any atom is 0.0208 e. The van der Waals surface area contributed by atoms with Crippen LogP contribution < -0.4 is 10.6 Å². The highest BCUT2D eigenvalue weighted by Gasteiger charge is 2.22. The third-order valence-corrected chi connectivity index (χ3v) is 3.28. The Balaban J connectivity index is 1.75. The molecule has 2 rings (SSSR count). The van der Waals surface area contributed by atoms with Crippen LogP contribution in [0.2, 0.25) is 0 Å². The Bertz CT molecular complexity index is 284. The smallest absolute Gasteiger partial charge is 0.0208 e. The van der Waals surface area contributed by atoms with Gasteiger partial charge in [0.1, 0.15) is 0 Å². The largest absolute Gasteiger partial charge is 0.317 e. The Hall–Kier alpha value is -0.860. The van der Waals surface area contributed by atoms with E-state index < -0.39 is 0 Å².